The summed E-state index contributed by atoms with van der Waals surface area (Å²) < 4.78 is 6.89. The SMILES string of the molecule is COCCNCc1nnnn1CCCCCCC(C)C. The Labute approximate surface area is 122 Å². The van der Waals surface area contributed by atoms with Gasteiger partial charge in [0.05, 0.1) is 13.2 Å². The van der Waals surface area contributed by atoms with Crippen LogP contribution >= 0.6 is 0 Å². The van der Waals surface area contributed by atoms with Crippen molar-refractivity contribution in [3.05, 3.63) is 5.82 Å². The molecule has 0 radical (unpaired) electrons. The molecular formula is C14H29N5O. The molecule has 6 nitrogen and oxygen atoms in total. The van der Waals surface area contributed by atoms with Gasteiger partial charge in [0, 0.05) is 20.2 Å². The van der Waals surface area contributed by atoms with Crippen molar-refractivity contribution in [2.24, 2.45) is 5.92 Å². The van der Waals surface area contributed by atoms with Crippen LogP contribution < -0.4 is 5.32 Å². The second-order valence-corrected chi connectivity index (χ2v) is 5.58. The van der Waals surface area contributed by atoms with Crippen LogP contribution in [-0.4, -0.2) is 40.5 Å². The molecule has 0 aliphatic carbocycles. The molecule has 1 aromatic rings. The van der Waals surface area contributed by atoms with E-state index in [1.54, 1.807) is 7.11 Å². The molecule has 0 fully saturated rings. The average Bonchev–Trinajstić information content (AvgIpc) is 2.86. The second-order valence-electron chi connectivity index (χ2n) is 5.58. The lowest BCUT2D eigenvalue weighted by Gasteiger charge is -2.06. The molecule has 20 heavy (non-hydrogen) atoms. The summed E-state index contributed by atoms with van der Waals surface area (Å²) in [7, 11) is 1.70. The molecule has 0 amide bonds. The van der Waals surface area contributed by atoms with Gasteiger partial charge in [-0.15, -0.1) is 5.10 Å². The first-order valence-electron chi connectivity index (χ1n) is 7.68. The Kier molecular flexibility index (Phi) is 9.15. The standard InChI is InChI=1S/C14H29N5O/c1-13(2)8-6-4-5-7-10-19-14(16-17-18-19)12-15-9-11-20-3/h13,15H,4-12H2,1-3H3. The largest absolute Gasteiger partial charge is 0.383 e. The van der Waals surface area contributed by atoms with Crippen molar-refractivity contribution in [2.75, 3.05) is 20.3 Å². The van der Waals surface area contributed by atoms with Crippen LogP contribution in [0.2, 0.25) is 0 Å². The minimum absolute atomic E-state index is 0.698. The Balaban J connectivity index is 2.12. The molecule has 1 N–H and O–H groups in total. The molecule has 0 atom stereocenters. The van der Waals surface area contributed by atoms with Crippen LogP contribution in [0.5, 0.6) is 0 Å². The van der Waals surface area contributed by atoms with Crippen molar-refractivity contribution in [2.45, 2.75) is 59.0 Å². The fourth-order valence-corrected chi connectivity index (χ4v) is 2.07. The molecule has 0 aromatic carbocycles. The monoisotopic (exact) mass is 283 g/mol. The van der Waals surface area contributed by atoms with E-state index in [2.05, 4.69) is 34.7 Å². The van der Waals surface area contributed by atoms with E-state index in [0.717, 1.165) is 31.3 Å². The Hall–Kier alpha value is -1.01. The molecule has 0 unspecified atom stereocenters. The van der Waals surface area contributed by atoms with Crippen LogP contribution in [0, 0.1) is 5.92 Å². The van der Waals surface area contributed by atoms with Gasteiger partial charge in [-0.2, -0.15) is 0 Å². The zero-order chi connectivity index (χ0) is 14.6. The van der Waals surface area contributed by atoms with Crippen molar-refractivity contribution in [1.82, 2.24) is 25.5 Å². The smallest absolute Gasteiger partial charge is 0.165 e. The third-order valence-corrected chi connectivity index (χ3v) is 3.27. The van der Waals surface area contributed by atoms with E-state index in [9.17, 15) is 0 Å². The number of hydrogen-bond acceptors (Lipinski definition) is 5. The number of nitrogens with zero attached hydrogens (tertiary/aromatic N) is 4. The third-order valence-electron chi connectivity index (χ3n) is 3.27. The molecule has 1 rings (SSSR count). The predicted octanol–water partition coefficient (Wildman–Crippen LogP) is 2.02. The topological polar surface area (TPSA) is 64.9 Å². The highest BCUT2D eigenvalue weighted by Crippen LogP contribution is 2.10. The summed E-state index contributed by atoms with van der Waals surface area (Å²) in [4.78, 5) is 0. The van der Waals surface area contributed by atoms with Gasteiger partial charge >= 0.3 is 0 Å². The molecule has 0 saturated carbocycles. The Bertz CT molecular complexity index is 340. The maximum Gasteiger partial charge on any atom is 0.165 e. The fraction of sp³-hybridized carbons (Fsp3) is 0.929. The molecule has 1 aromatic heterocycles. The van der Waals surface area contributed by atoms with E-state index in [4.69, 9.17) is 4.74 Å². The number of unbranched alkanes of at least 4 members (excludes halogenated alkanes) is 3. The van der Waals surface area contributed by atoms with E-state index in [-0.39, 0.29) is 0 Å². The number of nitrogens with one attached hydrogen (secondary N) is 1. The van der Waals surface area contributed by atoms with Crippen LogP contribution in [0.1, 0.15) is 51.8 Å². The van der Waals surface area contributed by atoms with Crippen molar-refractivity contribution >= 4 is 0 Å². The summed E-state index contributed by atoms with van der Waals surface area (Å²) in [6.45, 7) is 7.70. The van der Waals surface area contributed by atoms with Gasteiger partial charge in [0.2, 0.25) is 0 Å². The summed E-state index contributed by atoms with van der Waals surface area (Å²) in [6.07, 6.45) is 6.37. The number of aryl methyl sites for hydroxylation is 1. The average molecular weight is 283 g/mol. The molecule has 0 aliphatic rings. The van der Waals surface area contributed by atoms with Gasteiger partial charge in [0.25, 0.3) is 0 Å². The van der Waals surface area contributed by atoms with Gasteiger partial charge in [-0.3, -0.25) is 0 Å². The minimum atomic E-state index is 0.698. The summed E-state index contributed by atoms with van der Waals surface area (Å²) in [5.41, 5.74) is 0. The van der Waals surface area contributed by atoms with Gasteiger partial charge in [0.15, 0.2) is 5.82 Å². The Morgan fingerprint density at radius 2 is 2.00 bits per heavy atom. The van der Waals surface area contributed by atoms with Crippen LogP contribution in [0.15, 0.2) is 0 Å². The quantitative estimate of drug-likeness (QED) is 0.595. The number of ether oxygens (including phenoxy) is 1. The normalized spacial score (nSPS) is 11.4. The van der Waals surface area contributed by atoms with Crippen LogP contribution in [-0.2, 0) is 17.8 Å². The van der Waals surface area contributed by atoms with Gasteiger partial charge in [-0.1, -0.05) is 39.5 Å². The maximum atomic E-state index is 4.99. The molecule has 0 saturated heterocycles. The van der Waals surface area contributed by atoms with E-state index in [1.165, 1.54) is 25.7 Å². The fourth-order valence-electron chi connectivity index (χ4n) is 2.07. The van der Waals surface area contributed by atoms with Crippen molar-refractivity contribution in [3.63, 3.8) is 0 Å². The van der Waals surface area contributed by atoms with Gasteiger partial charge in [0.1, 0.15) is 0 Å². The van der Waals surface area contributed by atoms with E-state index < -0.39 is 0 Å². The second kappa shape index (κ2) is 10.7. The Morgan fingerprint density at radius 3 is 2.75 bits per heavy atom. The molecule has 6 heteroatoms. The number of rotatable bonds is 12. The highest BCUT2D eigenvalue weighted by atomic mass is 16.5. The minimum Gasteiger partial charge on any atom is -0.383 e. The predicted molar refractivity (Wildman–Crippen MR) is 79.3 cm³/mol. The lowest BCUT2D eigenvalue weighted by molar-refractivity contribution is 0.198. The van der Waals surface area contributed by atoms with E-state index in [0.29, 0.717) is 13.2 Å². The summed E-state index contributed by atoms with van der Waals surface area (Å²) in [6, 6.07) is 0. The zero-order valence-electron chi connectivity index (χ0n) is 13.1. The number of methoxy groups -OCH3 is 1. The van der Waals surface area contributed by atoms with Crippen LogP contribution in [0.3, 0.4) is 0 Å². The number of tetrazole rings is 1. The highest BCUT2D eigenvalue weighted by Gasteiger charge is 2.04. The van der Waals surface area contributed by atoms with E-state index >= 15 is 0 Å². The van der Waals surface area contributed by atoms with Crippen molar-refractivity contribution < 1.29 is 4.74 Å². The lowest BCUT2D eigenvalue weighted by atomic mass is 10.0. The number of aromatic nitrogens is 4. The molecule has 0 spiro atoms. The first kappa shape index (κ1) is 17.0. The summed E-state index contributed by atoms with van der Waals surface area (Å²) in [5.74, 6) is 1.72. The van der Waals surface area contributed by atoms with Gasteiger partial charge < -0.3 is 10.1 Å². The van der Waals surface area contributed by atoms with Crippen molar-refractivity contribution in [3.8, 4) is 0 Å². The third kappa shape index (κ3) is 7.55. The van der Waals surface area contributed by atoms with Crippen molar-refractivity contribution in [1.29, 1.82) is 0 Å². The maximum absolute atomic E-state index is 4.99. The summed E-state index contributed by atoms with van der Waals surface area (Å²) in [5, 5.41) is 15.1. The lowest BCUT2D eigenvalue weighted by Crippen LogP contribution is -2.21. The Morgan fingerprint density at radius 1 is 1.20 bits per heavy atom. The first-order chi connectivity index (χ1) is 9.74. The van der Waals surface area contributed by atoms with E-state index in [1.807, 2.05) is 4.68 Å². The van der Waals surface area contributed by atoms with Gasteiger partial charge in [-0.05, 0) is 22.8 Å². The first-order valence-corrected chi connectivity index (χ1v) is 7.68. The molecule has 0 bridgehead atoms. The molecular weight excluding hydrogens is 254 g/mol. The molecule has 116 valence electrons. The number of hydrogen-bond donors (Lipinski definition) is 1. The molecule has 1 heterocycles. The van der Waals surface area contributed by atoms with Crippen LogP contribution in [0.25, 0.3) is 0 Å². The summed E-state index contributed by atoms with van der Waals surface area (Å²) >= 11 is 0. The van der Waals surface area contributed by atoms with Gasteiger partial charge in [-0.25, -0.2) is 4.68 Å². The highest BCUT2D eigenvalue weighted by molar-refractivity contribution is 4.79. The zero-order valence-corrected chi connectivity index (χ0v) is 13.1. The molecule has 0 aliphatic heterocycles. The van der Waals surface area contributed by atoms with Crippen LogP contribution in [0.4, 0.5) is 0 Å².